The molecule has 0 atom stereocenters. The minimum absolute atomic E-state index is 0.349. The summed E-state index contributed by atoms with van der Waals surface area (Å²) in [5.74, 6) is -0.715. The Bertz CT molecular complexity index is 1960. The van der Waals surface area contributed by atoms with Gasteiger partial charge in [-0.1, -0.05) is 72.8 Å². The molecular weight excluding hydrogens is 470 g/mol. The van der Waals surface area contributed by atoms with E-state index in [-0.39, 0.29) is 11.8 Å². The Morgan fingerprint density at radius 2 is 1.32 bits per heavy atom. The van der Waals surface area contributed by atoms with E-state index in [2.05, 4.69) is 6.07 Å². The quantitative estimate of drug-likeness (QED) is 0.249. The van der Waals surface area contributed by atoms with Crippen LogP contribution in [0.15, 0.2) is 115 Å². The molecule has 0 radical (unpaired) electrons. The Balaban J connectivity index is 1.39. The maximum absolute atomic E-state index is 13.9. The zero-order chi connectivity index (χ0) is 25.8. The fourth-order valence-corrected chi connectivity index (χ4v) is 5.42. The second-order valence-electron chi connectivity index (χ2n) is 9.25. The predicted octanol–water partition coefficient (Wildman–Crippen LogP) is 7.12. The van der Waals surface area contributed by atoms with Gasteiger partial charge in [0.25, 0.3) is 11.8 Å². The van der Waals surface area contributed by atoms with Gasteiger partial charge in [-0.15, -0.1) is 0 Å². The van der Waals surface area contributed by atoms with Crippen LogP contribution in [0.3, 0.4) is 0 Å². The van der Waals surface area contributed by atoms with Crippen LogP contribution in [0.25, 0.3) is 38.6 Å². The molecule has 5 heteroatoms. The fraction of sp³-hybridized carbons (Fsp3) is 0. The van der Waals surface area contributed by atoms with E-state index in [0.717, 1.165) is 32.9 Å². The number of nitrogens with zero attached hydrogens (tertiary/aromatic N) is 3. The van der Waals surface area contributed by atoms with Crippen molar-refractivity contribution in [2.24, 2.45) is 0 Å². The monoisotopic (exact) mass is 489 g/mol. The van der Waals surface area contributed by atoms with Crippen LogP contribution in [0.5, 0.6) is 0 Å². The molecule has 0 saturated carbocycles. The molecule has 1 aliphatic heterocycles. The standard InChI is InChI=1S/C33H19N3O2/c34-20-21-13-18-26-25-9-4-5-11-28(25)36(30(26)19-21)29-12-6-10-27-31(29)33(38)35(32(27)37)24-16-14-23(15-17-24)22-7-2-1-3-8-22/h1-19H. The van der Waals surface area contributed by atoms with Crippen LogP contribution in [0.1, 0.15) is 26.3 Å². The highest BCUT2D eigenvalue weighted by Gasteiger charge is 2.39. The maximum atomic E-state index is 13.9. The van der Waals surface area contributed by atoms with Crippen molar-refractivity contribution in [1.82, 2.24) is 4.57 Å². The normalized spacial score (nSPS) is 12.8. The topological polar surface area (TPSA) is 66.1 Å². The van der Waals surface area contributed by atoms with E-state index in [1.165, 1.54) is 4.90 Å². The highest BCUT2D eigenvalue weighted by atomic mass is 16.2. The van der Waals surface area contributed by atoms with Gasteiger partial charge in [-0.3, -0.25) is 9.59 Å². The third-order valence-corrected chi connectivity index (χ3v) is 7.17. The lowest BCUT2D eigenvalue weighted by molar-refractivity contribution is 0.0926. The van der Waals surface area contributed by atoms with Crippen molar-refractivity contribution < 1.29 is 9.59 Å². The number of aromatic nitrogens is 1. The number of benzene rings is 5. The van der Waals surface area contributed by atoms with Gasteiger partial charge in [-0.05, 0) is 53.6 Å². The first-order valence-corrected chi connectivity index (χ1v) is 12.3. The van der Waals surface area contributed by atoms with Gasteiger partial charge in [-0.25, -0.2) is 4.90 Å². The molecule has 1 aromatic heterocycles. The summed E-state index contributed by atoms with van der Waals surface area (Å²) in [5, 5.41) is 11.5. The number of carbonyl (C=O) groups excluding carboxylic acids is 2. The zero-order valence-electron chi connectivity index (χ0n) is 20.1. The van der Waals surface area contributed by atoms with Gasteiger partial charge in [0.15, 0.2) is 0 Å². The molecule has 38 heavy (non-hydrogen) atoms. The lowest BCUT2D eigenvalue weighted by Gasteiger charge is -2.15. The highest BCUT2D eigenvalue weighted by Crippen LogP contribution is 2.38. The van der Waals surface area contributed by atoms with Crippen molar-refractivity contribution in [3.05, 3.63) is 132 Å². The van der Waals surface area contributed by atoms with Gasteiger partial charge >= 0.3 is 0 Å². The van der Waals surface area contributed by atoms with Crippen LogP contribution in [0.4, 0.5) is 5.69 Å². The Kier molecular flexibility index (Phi) is 4.75. The van der Waals surface area contributed by atoms with Crippen LogP contribution >= 0.6 is 0 Å². The van der Waals surface area contributed by atoms with E-state index in [1.807, 2.05) is 102 Å². The second-order valence-corrected chi connectivity index (χ2v) is 9.25. The van der Waals surface area contributed by atoms with E-state index in [9.17, 15) is 14.9 Å². The summed E-state index contributed by atoms with van der Waals surface area (Å²) in [5.41, 5.74) is 6.16. The van der Waals surface area contributed by atoms with Gasteiger partial charge in [-0.2, -0.15) is 5.26 Å². The average molecular weight is 490 g/mol. The van der Waals surface area contributed by atoms with Crippen LogP contribution in [0, 0.1) is 11.3 Å². The summed E-state index contributed by atoms with van der Waals surface area (Å²) >= 11 is 0. The number of para-hydroxylation sites is 1. The van der Waals surface area contributed by atoms with Gasteiger partial charge in [0.1, 0.15) is 0 Å². The van der Waals surface area contributed by atoms with Crippen LogP contribution in [0.2, 0.25) is 0 Å². The van der Waals surface area contributed by atoms with Gasteiger partial charge in [0.05, 0.1) is 45.2 Å². The molecule has 5 aromatic carbocycles. The highest BCUT2D eigenvalue weighted by molar-refractivity contribution is 6.35. The molecular formula is C33H19N3O2. The van der Waals surface area contributed by atoms with Crippen LogP contribution in [-0.2, 0) is 0 Å². The number of carbonyl (C=O) groups is 2. The number of rotatable bonds is 3. The Labute approximate surface area is 218 Å². The molecule has 6 aromatic rings. The fourth-order valence-electron chi connectivity index (χ4n) is 5.42. The molecule has 178 valence electrons. The van der Waals surface area contributed by atoms with Crippen molar-refractivity contribution in [3.8, 4) is 22.9 Å². The lowest BCUT2D eigenvalue weighted by atomic mass is 10.1. The van der Waals surface area contributed by atoms with Gasteiger partial charge < -0.3 is 4.57 Å². The summed E-state index contributed by atoms with van der Waals surface area (Å²) < 4.78 is 1.98. The second kappa shape index (κ2) is 8.29. The molecule has 2 heterocycles. The first-order chi connectivity index (χ1) is 18.7. The first kappa shape index (κ1) is 21.8. The summed E-state index contributed by atoms with van der Waals surface area (Å²) in [6.45, 7) is 0. The van der Waals surface area contributed by atoms with E-state index >= 15 is 0 Å². The molecule has 2 amide bonds. The summed E-state index contributed by atoms with van der Waals surface area (Å²) in [6, 6.07) is 38.5. The molecule has 0 fully saturated rings. The molecule has 0 spiro atoms. The number of anilines is 1. The summed E-state index contributed by atoms with van der Waals surface area (Å²) in [6.07, 6.45) is 0. The summed E-state index contributed by atoms with van der Waals surface area (Å²) in [4.78, 5) is 28.7. The van der Waals surface area contributed by atoms with Crippen molar-refractivity contribution in [2.75, 3.05) is 4.90 Å². The maximum Gasteiger partial charge on any atom is 0.268 e. The molecule has 1 aliphatic rings. The molecule has 0 saturated heterocycles. The number of fused-ring (bicyclic) bond motifs is 4. The minimum atomic E-state index is -0.365. The Hall–Kier alpha value is -5.47. The number of imide groups is 1. The minimum Gasteiger partial charge on any atom is -0.308 e. The third-order valence-electron chi connectivity index (χ3n) is 7.17. The van der Waals surface area contributed by atoms with Crippen LogP contribution < -0.4 is 4.90 Å². The van der Waals surface area contributed by atoms with Gasteiger partial charge in [0, 0.05) is 10.8 Å². The molecule has 0 N–H and O–H groups in total. The predicted molar refractivity (Wildman–Crippen MR) is 149 cm³/mol. The van der Waals surface area contributed by atoms with Crippen LogP contribution in [-0.4, -0.2) is 16.4 Å². The number of hydrogen-bond donors (Lipinski definition) is 0. The summed E-state index contributed by atoms with van der Waals surface area (Å²) in [7, 11) is 0. The van der Waals surface area contributed by atoms with Crippen molar-refractivity contribution >= 4 is 39.3 Å². The van der Waals surface area contributed by atoms with Crippen molar-refractivity contribution in [1.29, 1.82) is 5.26 Å². The Morgan fingerprint density at radius 3 is 2.11 bits per heavy atom. The molecule has 5 nitrogen and oxygen atoms in total. The van der Waals surface area contributed by atoms with E-state index in [1.54, 1.807) is 18.2 Å². The third kappa shape index (κ3) is 3.11. The Morgan fingerprint density at radius 1 is 0.605 bits per heavy atom. The smallest absolute Gasteiger partial charge is 0.268 e. The van der Waals surface area contributed by atoms with E-state index in [0.29, 0.717) is 28.1 Å². The molecule has 7 rings (SSSR count). The lowest BCUT2D eigenvalue weighted by Crippen LogP contribution is -2.29. The largest absolute Gasteiger partial charge is 0.308 e. The SMILES string of the molecule is N#Cc1ccc2c3ccccc3n(-c3cccc4c3C(=O)N(c3ccc(-c5ccccc5)cc3)C4=O)c2c1. The number of hydrogen-bond acceptors (Lipinski definition) is 3. The zero-order valence-corrected chi connectivity index (χ0v) is 20.1. The number of nitriles is 1. The van der Waals surface area contributed by atoms with Gasteiger partial charge in [0.2, 0.25) is 0 Å². The number of amides is 2. The van der Waals surface area contributed by atoms with E-state index in [4.69, 9.17) is 0 Å². The molecule has 0 bridgehead atoms. The first-order valence-electron chi connectivity index (χ1n) is 12.3. The average Bonchev–Trinajstić information content (AvgIpc) is 3.44. The van der Waals surface area contributed by atoms with Crippen molar-refractivity contribution in [3.63, 3.8) is 0 Å². The molecule has 0 aliphatic carbocycles. The molecule has 0 unspecified atom stereocenters. The van der Waals surface area contributed by atoms with Crippen molar-refractivity contribution in [2.45, 2.75) is 0 Å². The van der Waals surface area contributed by atoms with E-state index < -0.39 is 0 Å².